The highest BCUT2D eigenvalue weighted by Crippen LogP contribution is 2.32. The first-order chi connectivity index (χ1) is 18.3. The average molecular weight is 519 g/mol. The summed E-state index contributed by atoms with van der Waals surface area (Å²) in [6.07, 6.45) is 3.78. The van der Waals surface area contributed by atoms with Gasteiger partial charge in [-0.2, -0.15) is 5.10 Å². The molecule has 200 valence electrons. The third-order valence-corrected chi connectivity index (χ3v) is 7.73. The number of aromatic carboxylic acids is 1. The summed E-state index contributed by atoms with van der Waals surface area (Å²) in [6.45, 7) is 6.77. The van der Waals surface area contributed by atoms with Gasteiger partial charge in [0.2, 0.25) is 0 Å². The number of nitrogens with zero attached hydrogens (tertiary/aromatic N) is 3. The van der Waals surface area contributed by atoms with Gasteiger partial charge in [0.15, 0.2) is 11.4 Å². The van der Waals surface area contributed by atoms with Crippen LogP contribution in [-0.2, 0) is 10.5 Å². The van der Waals surface area contributed by atoms with Crippen molar-refractivity contribution in [1.29, 1.82) is 0 Å². The number of carboxylic acids is 1. The summed E-state index contributed by atoms with van der Waals surface area (Å²) >= 11 is 0. The number of fused-ring (bicyclic) bond motifs is 3. The third kappa shape index (κ3) is 5.52. The van der Waals surface area contributed by atoms with Crippen molar-refractivity contribution >= 4 is 12.1 Å². The van der Waals surface area contributed by atoms with Crippen molar-refractivity contribution in [2.24, 2.45) is 5.92 Å². The van der Waals surface area contributed by atoms with Gasteiger partial charge < -0.3 is 19.9 Å². The molecular formula is C29H34N4O5. The lowest BCUT2D eigenvalue weighted by Gasteiger charge is -2.43. The van der Waals surface area contributed by atoms with Crippen LogP contribution in [0.3, 0.4) is 0 Å². The fraction of sp³-hybridized carbons (Fsp3) is 0.414. The maximum atomic E-state index is 13.1. The zero-order valence-corrected chi connectivity index (χ0v) is 21.7. The van der Waals surface area contributed by atoms with Crippen LogP contribution in [0.15, 0.2) is 66.9 Å². The predicted molar refractivity (Wildman–Crippen MR) is 141 cm³/mol. The second kappa shape index (κ2) is 10.9. The summed E-state index contributed by atoms with van der Waals surface area (Å²) in [7, 11) is 0. The molecule has 38 heavy (non-hydrogen) atoms. The lowest BCUT2D eigenvalue weighted by Crippen LogP contribution is -2.52. The molecule has 1 aromatic heterocycles. The molecule has 1 amide bonds. The molecule has 3 saturated heterocycles. The van der Waals surface area contributed by atoms with E-state index in [-0.39, 0.29) is 11.8 Å². The summed E-state index contributed by atoms with van der Waals surface area (Å²) < 4.78 is 13.8. The third-order valence-electron chi connectivity index (χ3n) is 7.73. The minimum absolute atomic E-state index is 0.0446. The fourth-order valence-corrected chi connectivity index (χ4v) is 5.33. The fourth-order valence-electron chi connectivity index (χ4n) is 5.33. The van der Waals surface area contributed by atoms with E-state index in [1.165, 1.54) is 10.7 Å². The van der Waals surface area contributed by atoms with Gasteiger partial charge in [0.25, 0.3) is 0 Å². The largest absolute Gasteiger partial charge is 0.476 e. The number of alkyl carbamates (subject to hydrolysis) is 1. The Hall–Kier alpha value is -3.85. The molecule has 2 unspecified atom stereocenters. The van der Waals surface area contributed by atoms with Crippen molar-refractivity contribution < 1.29 is 24.2 Å². The molecular weight excluding hydrogens is 484 g/mol. The van der Waals surface area contributed by atoms with E-state index in [4.69, 9.17) is 9.47 Å². The Morgan fingerprint density at radius 2 is 1.84 bits per heavy atom. The number of hydrogen-bond acceptors (Lipinski definition) is 6. The zero-order valence-electron chi connectivity index (χ0n) is 21.7. The molecule has 3 fully saturated rings. The summed E-state index contributed by atoms with van der Waals surface area (Å²) in [5.74, 6) is -0.0906. The number of nitrogens with one attached hydrogen (secondary N) is 1. The first kappa shape index (κ1) is 25.8. The van der Waals surface area contributed by atoms with Gasteiger partial charge in [-0.1, -0.05) is 49.4 Å². The highest BCUT2D eigenvalue weighted by molar-refractivity contribution is 5.85. The van der Waals surface area contributed by atoms with Crippen molar-refractivity contribution in [3.05, 3.63) is 83.7 Å². The summed E-state index contributed by atoms with van der Waals surface area (Å²) in [5, 5.41) is 16.5. The number of hydrogen-bond donors (Lipinski definition) is 2. The van der Waals surface area contributed by atoms with Crippen LogP contribution in [0.1, 0.15) is 60.8 Å². The standard InChI is InChI=1S/C29H34N4O5/c1-3-29(2,33-17-14-24(31-33)27(34)35)38-23-11-7-10-22(18-23)26(21-8-5-4-6-9-21)30-28(36)37-25-19-32-15-12-20(25)13-16-32/h4-11,14,17-18,20,25-26H,3,12-13,15-16,19H2,1-2H3,(H,30,36)(H,34,35)/t25?,26-,29?/m0/s1. The molecule has 3 atom stereocenters. The average Bonchev–Trinajstić information content (AvgIpc) is 3.45. The SMILES string of the molecule is CCC(C)(Oc1cccc([C@@H](NC(=O)OC2CN3CCC2CC3)c2ccccc2)c1)n1ccc(C(=O)O)n1. The van der Waals surface area contributed by atoms with E-state index in [9.17, 15) is 14.7 Å². The van der Waals surface area contributed by atoms with E-state index < -0.39 is 23.8 Å². The van der Waals surface area contributed by atoms with E-state index >= 15 is 0 Å². The quantitative estimate of drug-likeness (QED) is 0.425. The summed E-state index contributed by atoms with van der Waals surface area (Å²) in [4.78, 5) is 26.8. The Labute approximate surface area is 222 Å². The van der Waals surface area contributed by atoms with E-state index in [1.54, 1.807) is 6.20 Å². The highest BCUT2D eigenvalue weighted by Gasteiger charge is 2.37. The number of ether oxygens (including phenoxy) is 2. The van der Waals surface area contributed by atoms with Crippen molar-refractivity contribution in [2.75, 3.05) is 19.6 Å². The Bertz CT molecular complexity index is 1270. The van der Waals surface area contributed by atoms with Crippen molar-refractivity contribution in [3.63, 3.8) is 0 Å². The maximum Gasteiger partial charge on any atom is 0.408 e. The van der Waals surface area contributed by atoms with E-state index in [2.05, 4.69) is 15.3 Å². The molecule has 0 aliphatic carbocycles. The number of carbonyl (C=O) groups excluding carboxylic acids is 1. The molecule has 9 heteroatoms. The van der Waals surface area contributed by atoms with E-state index in [1.807, 2.05) is 68.4 Å². The minimum Gasteiger partial charge on any atom is -0.476 e. The molecule has 6 rings (SSSR count). The van der Waals surface area contributed by atoms with E-state index in [0.717, 1.165) is 43.6 Å². The lowest BCUT2D eigenvalue weighted by atomic mass is 9.86. The Kier molecular flexibility index (Phi) is 7.37. The minimum atomic E-state index is -1.09. The number of aromatic nitrogens is 2. The molecule has 3 aliphatic heterocycles. The highest BCUT2D eigenvalue weighted by atomic mass is 16.6. The second-order valence-electron chi connectivity index (χ2n) is 10.2. The molecule has 3 aliphatic rings. The molecule has 2 aromatic carbocycles. The van der Waals surface area contributed by atoms with Gasteiger partial charge >= 0.3 is 12.1 Å². The van der Waals surface area contributed by atoms with Crippen LogP contribution in [0.5, 0.6) is 5.75 Å². The Morgan fingerprint density at radius 3 is 2.47 bits per heavy atom. The number of piperidine rings is 3. The Morgan fingerprint density at radius 1 is 1.11 bits per heavy atom. The van der Waals surface area contributed by atoms with Crippen LogP contribution >= 0.6 is 0 Å². The monoisotopic (exact) mass is 518 g/mol. The van der Waals surface area contributed by atoms with Crippen LogP contribution < -0.4 is 10.1 Å². The van der Waals surface area contributed by atoms with Crippen LogP contribution in [0.2, 0.25) is 0 Å². The Balaban J connectivity index is 1.37. The number of benzene rings is 2. The van der Waals surface area contributed by atoms with Crippen LogP contribution in [0, 0.1) is 5.92 Å². The lowest BCUT2D eigenvalue weighted by molar-refractivity contribution is -0.0336. The molecule has 9 nitrogen and oxygen atoms in total. The molecule has 0 spiro atoms. The first-order valence-corrected chi connectivity index (χ1v) is 13.2. The predicted octanol–water partition coefficient (Wildman–Crippen LogP) is 4.65. The van der Waals surface area contributed by atoms with Gasteiger partial charge in [-0.15, -0.1) is 0 Å². The smallest absolute Gasteiger partial charge is 0.408 e. The van der Waals surface area contributed by atoms with Crippen LogP contribution in [0.4, 0.5) is 4.79 Å². The van der Waals surface area contributed by atoms with Crippen molar-refractivity contribution in [3.8, 4) is 5.75 Å². The number of rotatable bonds is 9. The van der Waals surface area contributed by atoms with Gasteiger partial charge in [0, 0.05) is 19.2 Å². The van der Waals surface area contributed by atoms with Gasteiger partial charge in [-0.25, -0.2) is 14.3 Å². The normalized spacial score (nSPS) is 22.7. The van der Waals surface area contributed by atoms with Gasteiger partial charge in [-0.05, 0) is 68.1 Å². The summed E-state index contributed by atoms with van der Waals surface area (Å²) in [5.41, 5.74) is 0.810. The van der Waals surface area contributed by atoms with Gasteiger partial charge in [0.1, 0.15) is 11.9 Å². The number of amides is 1. The zero-order chi connectivity index (χ0) is 26.7. The van der Waals surface area contributed by atoms with Gasteiger partial charge in [-0.3, -0.25) is 4.90 Å². The summed E-state index contributed by atoms with van der Waals surface area (Å²) in [6, 6.07) is 18.3. The van der Waals surface area contributed by atoms with Gasteiger partial charge in [0.05, 0.1) is 6.04 Å². The topological polar surface area (TPSA) is 106 Å². The number of carbonyl (C=O) groups is 2. The molecule has 0 saturated carbocycles. The van der Waals surface area contributed by atoms with Crippen molar-refractivity contribution in [1.82, 2.24) is 20.0 Å². The molecule has 2 bridgehead atoms. The van der Waals surface area contributed by atoms with E-state index in [0.29, 0.717) is 18.1 Å². The van der Waals surface area contributed by atoms with Crippen LogP contribution in [-0.4, -0.2) is 57.6 Å². The van der Waals surface area contributed by atoms with Crippen LogP contribution in [0.25, 0.3) is 0 Å². The number of carboxylic acid groups (broad SMARTS) is 1. The molecule has 2 N–H and O–H groups in total. The first-order valence-electron chi connectivity index (χ1n) is 13.2. The molecule has 4 heterocycles. The molecule has 3 aromatic rings. The second-order valence-corrected chi connectivity index (χ2v) is 10.2. The van der Waals surface area contributed by atoms with Crippen molar-refractivity contribution in [2.45, 2.75) is 51.0 Å². The maximum absolute atomic E-state index is 13.1. The molecule has 0 radical (unpaired) electrons.